The first-order chi connectivity index (χ1) is 6.58. The van der Waals surface area contributed by atoms with Crippen LogP contribution in [0.5, 0.6) is 0 Å². The highest BCUT2D eigenvalue weighted by Gasteiger charge is 2.07. The molecule has 0 aliphatic rings. The van der Waals surface area contributed by atoms with Gasteiger partial charge in [-0.2, -0.15) is 0 Å². The summed E-state index contributed by atoms with van der Waals surface area (Å²) in [7, 11) is 0. The molecule has 1 aromatic heterocycles. The van der Waals surface area contributed by atoms with Crippen LogP contribution in [0.2, 0.25) is 0 Å². The molecule has 0 fully saturated rings. The minimum Gasteiger partial charge on any atom is -0.481 e. The third-order valence-electron chi connectivity index (χ3n) is 1.55. The molecule has 6 nitrogen and oxygen atoms in total. The first kappa shape index (κ1) is 10.2. The van der Waals surface area contributed by atoms with E-state index in [2.05, 4.69) is 15.3 Å². The number of nitrogens with one attached hydrogen (secondary N) is 2. The zero-order chi connectivity index (χ0) is 10.6. The fourth-order valence-electron chi connectivity index (χ4n) is 1.01. The Morgan fingerprint density at radius 2 is 2.50 bits per heavy atom. The van der Waals surface area contributed by atoms with Gasteiger partial charge in [-0.05, 0) is 6.92 Å². The van der Waals surface area contributed by atoms with Crippen molar-refractivity contribution in [3.63, 3.8) is 0 Å². The Morgan fingerprint density at radius 1 is 1.79 bits per heavy atom. The monoisotopic (exact) mass is 197 g/mol. The van der Waals surface area contributed by atoms with E-state index in [4.69, 9.17) is 5.11 Å². The van der Waals surface area contributed by atoms with Crippen LogP contribution >= 0.6 is 0 Å². The van der Waals surface area contributed by atoms with Gasteiger partial charge < -0.3 is 15.4 Å². The molecule has 1 unspecified atom stereocenters. The number of aliphatic carboxylic acids is 1. The van der Waals surface area contributed by atoms with Crippen molar-refractivity contribution >= 4 is 11.8 Å². The summed E-state index contributed by atoms with van der Waals surface area (Å²) in [5, 5.41) is 11.3. The van der Waals surface area contributed by atoms with E-state index in [9.17, 15) is 9.59 Å². The molecular weight excluding hydrogens is 186 g/mol. The zero-order valence-corrected chi connectivity index (χ0v) is 7.65. The zero-order valence-electron chi connectivity index (χ0n) is 7.65. The van der Waals surface area contributed by atoms with Gasteiger partial charge in [0.25, 0.3) is 5.56 Å². The Kier molecular flexibility index (Phi) is 3.22. The van der Waals surface area contributed by atoms with Crippen molar-refractivity contribution < 1.29 is 9.90 Å². The van der Waals surface area contributed by atoms with E-state index in [1.54, 1.807) is 6.92 Å². The number of hydrogen-bond donors (Lipinski definition) is 3. The molecule has 76 valence electrons. The lowest BCUT2D eigenvalue weighted by Gasteiger charge is -2.10. The molecule has 6 heteroatoms. The number of hydrogen-bond acceptors (Lipinski definition) is 4. The van der Waals surface area contributed by atoms with E-state index in [1.807, 2.05) is 0 Å². The van der Waals surface area contributed by atoms with E-state index in [0.717, 1.165) is 0 Å². The average molecular weight is 197 g/mol. The van der Waals surface area contributed by atoms with Crippen molar-refractivity contribution in [2.24, 2.45) is 0 Å². The number of aromatic nitrogens is 2. The Hall–Kier alpha value is -1.85. The summed E-state index contributed by atoms with van der Waals surface area (Å²) < 4.78 is 0. The molecular formula is C8H11N3O3. The highest BCUT2D eigenvalue weighted by atomic mass is 16.4. The molecule has 0 amide bonds. The summed E-state index contributed by atoms with van der Waals surface area (Å²) in [6.45, 7) is 1.71. The number of anilines is 1. The normalized spacial score (nSPS) is 12.1. The van der Waals surface area contributed by atoms with Gasteiger partial charge in [-0.15, -0.1) is 0 Å². The summed E-state index contributed by atoms with van der Waals surface area (Å²) in [5.74, 6) is -0.516. The second kappa shape index (κ2) is 4.40. The third-order valence-corrected chi connectivity index (χ3v) is 1.55. The van der Waals surface area contributed by atoms with Crippen molar-refractivity contribution in [1.29, 1.82) is 0 Å². The van der Waals surface area contributed by atoms with Crippen molar-refractivity contribution in [3.8, 4) is 0 Å². The molecule has 0 saturated carbocycles. The fourth-order valence-corrected chi connectivity index (χ4v) is 1.01. The van der Waals surface area contributed by atoms with Crippen LogP contribution in [-0.2, 0) is 4.79 Å². The minimum absolute atomic E-state index is 0.0194. The van der Waals surface area contributed by atoms with E-state index in [-0.39, 0.29) is 18.0 Å². The highest BCUT2D eigenvalue weighted by molar-refractivity contribution is 5.68. The molecule has 0 saturated heterocycles. The van der Waals surface area contributed by atoms with Crippen LogP contribution < -0.4 is 10.9 Å². The van der Waals surface area contributed by atoms with E-state index < -0.39 is 5.97 Å². The van der Waals surface area contributed by atoms with E-state index in [0.29, 0.717) is 5.82 Å². The quantitative estimate of drug-likeness (QED) is 0.633. The maximum absolute atomic E-state index is 10.8. The first-order valence-electron chi connectivity index (χ1n) is 4.11. The molecule has 0 bridgehead atoms. The second-order valence-corrected chi connectivity index (χ2v) is 2.94. The average Bonchev–Trinajstić information content (AvgIpc) is 2.01. The Morgan fingerprint density at radius 3 is 3.07 bits per heavy atom. The number of rotatable bonds is 4. The van der Waals surface area contributed by atoms with Crippen LogP contribution in [0, 0.1) is 0 Å². The molecule has 1 aromatic rings. The predicted molar refractivity (Wildman–Crippen MR) is 50.2 cm³/mol. The highest BCUT2D eigenvalue weighted by Crippen LogP contribution is 2.01. The molecule has 0 aliphatic heterocycles. The second-order valence-electron chi connectivity index (χ2n) is 2.94. The van der Waals surface area contributed by atoms with Crippen molar-refractivity contribution in [2.45, 2.75) is 19.4 Å². The smallest absolute Gasteiger partial charge is 0.305 e. The Balaban J connectivity index is 2.60. The molecule has 0 aliphatic carbocycles. The SMILES string of the molecule is CC(CC(=O)O)Nc1cc(=O)[nH]cn1. The lowest BCUT2D eigenvalue weighted by Crippen LogP contribution is -2.21. The molecule has 0 radical (unpaired) electrons. The molecule has 1 heterocycles. The van der Waals surface area contributed by atoms with Gasteiger partial charge in [0.15, 0.2) is 0 Å². The van der Waals surface area contributed by atoms with Crippen LogP contribution in [0.25, 0.3) is 0 Å². The van der Waals surface area contributed by atoms with Gasteiger partial charge in [-0.1, -0.05) is 0 Å². The standard InChI is InChI=1S/C8H11N3O3/c1-5(2-8(13)14)11-6-3-7(12)10-4-9-6/h3-5H,2H2,1H3,(H,13,14)(H2,9,10,11,12). The van der Waals surface area contributed by atoms with E-state index >= 15 is 0 Å². The van der Waals surface area contributed by atoms with Crippen molar-refractivity contribution in [2.75, 3.05) is 5.32 Å². The van der Waals surface area contributed by atoms with Gasteiger partial charge in [-0.25, -0.2) is 4.98 Å². The molecule has 1 atom stereocenters. The molecule has 14 heavy (non-hydrogen) atoms. The van der Waals surface area contributed by atoms with Gasteiger partial charge in [0, 0.05) is 12.1 Å². The number of carbonyl (C=O) groups is 1. The first-order valence-corrected chi connectivity index (χ1v) is 4.11. The third kappa shape index (κ3) is 3.26. The number of H-pyrrole nitrogens is 1. The Labute approximate surface area is 80.0 Å². The number of carboxylic acids is 1. The van der Waals surface area contributed by atoms with Crippen molar-refractivity contribution in [3.05, 3.63) is 22.7 Å². The lowest BCUT2D eigenvalue weighted by molar-refractivity contribution is -0.137. The summed E-state index contributed by atoms with van der Waals surface area (Å²) in [6.07, 6.45) is 1.24. The lowest BCUT2D eigenvalue weighted by atomic mass is 10.2. The largest absolute Gasteiger partial charge is 0.481 e. The van der Waals surface area contributed by atoms with Gasteiger partial charge in [0.2, 0.25) is 0 Å². The summed E-state index contributed by atoms with van der Waals surface area (Å²) in [4.78, 5) is 27.4. The summed E-state index contributed by atoms with van der Waals surface area (Å²) in [5.41, 5.74) is -0.273. The number of nitrogens with zero attached hydrogens (tertiary/aromatic N) is 1. The molecule has 3 N–H and O–H groups in total. The summed E-state index contributed by atoms with van der Waals surface area (Å²) >= 11 is 0. The molecule has 0 aromatic carbocycles. The van der Waals surface area contributed by atoms with Crippen LogP contribution in [0.1, 0.15) is 13.3 Å². The van der Waals surface area contributed by atoms with Crippen molar-refractivity contribution in [1.82, 2.24) is 9.97 Å². The predicted octanol–water partition coefficient (Wildman–Crippen LogP) is 0.0450. The van der Waals surface area contributed by atoms with Crippen LogP contribution in [-0.4, -0.2) is 27.1 Å². The topological polar surface area (TPSA) is 95.1 Å². The van der Waals surface area contributed by atoms with Crippen LogP contribution in [0.15, 0.2) is 17.2 Å². The summed E-state index contributed by atoms with van der Waals surface area (Å²) in [6, 6.07) is 1.01. The van der Waals surface area contributed by atoms with Crippen LogP contribution in [0.4, 0.5) is 5.82 Å². The minimum atomic E-state index is -0.894. The Bertz CT molecular complexity index is 374. The van der Waals surface area contributed by atoms with Gasteiger partial charge >= 0.3 is 5.97 Å². The van der Waals surface area contributed by atoms with E-state index in [1.165, 1.54) is 12.4 Å². The fraction of sp³-hybridized carbons (Fsp3) is 0.375. The molecule has 1 rings (SSSR count). The maximum Gasteiger partial charge on any atom is 0.305 e. The van der Waals surface area contributed by atoms with Gasteiger partial charge in [-0.3, -0.25) is 9.59 Å². The maximum atomic E-state index is 10.8. The van der Waals surface area contributed by atoms with Gasteiger partial charge in [0.05, 0.1) is 12.7 Å². The molecule has 0 spiro atoms. The number of carboxylic acid groups (broad SMARTS) is 1. The van der Waals surface area contributed by atoms with Gasteiger partial charge in [0.1, 0.15) is 5.82 Å². The number of aromatic amines is 1. The van der Waals surface area contributed by atoms with Crippen LogP contribution in [0.3, 0.4) is 0 Å².